The van der Waals surface area contributed by atoms with Gasteiger partial charge in [-0.1, -0.05) is 13.8 Å². The number of rotatable bonds is 11. The smallest absolute Gasteiger partial charge is 0.241 e. The maximum atomic E-state index is 12.8. The third-order valence-corrected chi connectivity index (χ3v) is 5.60. The third-order valence-electron chi connectivity index (χ3n) is 4.08. The Morgan fingerprint density at radius 1 is 1.08 bits per heavy atom. The van der Waals surface area contributed by atoms with E-state index in [-0.39, 0.29) is 4.90 Å². The number of ether oxygens (including phenoxy) is 1. The lowest BCUT2D eigenvalue weighted by Crippen LogP contribution is -2.35. The highest BCUT2D eigenvalue weighted by atomic mass is 32.2. The first-order chi connectivity index (χ1) is 12.5. The van der Waals surface area contributed by atoms with E-state index >= 15 is 0 Å². The van der Waals surface area contributed by atoms with Crippen LogP contribution in [0.2, 0.25) is 0 Å². The van der Waals surface area contributed by atoms with Gasteiger partial charge in [-0.05, 0) is 57.1 Å². The fraction of sp³-hybridized carbons (Fsp3) is 0.526. The van der Waals surface area contributed by atoms with Crippen LogP contribution in [0.3, 0.4) is 0 Å². The Labute approximate surface area is 156 Å². The van der Waals surface area contributed by atoms with E-state index in [1.54, 1.807) is 30.5 Å². The molecule has 0 fully saturated rings. The van der Waals surface area contributed by atoms with Gasteiger partial charge in [0.05, 0.1) is 11.5 Å². The molecule has 6 nitrogen and oxygen atoms in total. The highest BCUT2D eigenvalue weighted by Gasteiger charge is 2.19. The summed E-state index contributed by atoms with van der Waals surface area (Å²) >= 11 is 0. The van der Waals surface area contributed by atoms with Gasteiger partial charge in [0.1, 0.15) is 11.3 Å². The van der Waals surface area contributed by atoms with Gasteiger partial charge in [-0.15, -0.1) is 0 Å². The molecule has 26 heavy (non-hydrogen) atoms. The predicted octanol–water partition coefficient (Wildman–Crippen LogP) is 3.03. The lowest BCUT2D eigenvalue weighted by atomic mass is 10.2. The summed E-state index contributed by atoms with van der Waals surface area (Å²) in [5.41, 5.74) is 0.566. The molecule has 1 aromatic carbocycles. The fourth-order valence-corrected chi connectivity index (χ4v) is 4.23. The number of aromatic nitrogens is 1. The van der Waals surface area contributed by atoms with Crippen molar-refractivity contribution in [3.63, 3.8) is 0 Å². The van der Waals surface area contributed by atoms with Gasteiger partial charge >= 0.3 is 0 Å². The van der Waals surface area contributed by atoms with Crippen LogP contribution < -0.4 is 9.46 Å². The van der Waals surface area contributed by atoms with Crippen molar-refractivity contribution in [1.82, 2.24) is 14.6 Å². The Morgan fingerprint density at radius 2 is 1.81 bits per heavy atom. The molecule has 1 N–H and O–H groups in total. The van der Waals surface area contributed by atoms with Crippen molar-refractivity contribution in [3.8, 4) is 5.75 Å². The SMILES string of the molecule is CCCN(CCC)CCNS(=O)(=O)c1ccc(OCC)c2ncccc12. The lowest BCUT2D eigenvalue weighted by molar-refractivity contribution is 0.279. The van der Waals surface area contributed by atoms with Crippen LogP contribution in [0.25, 0.3) is 10.9 Å². The van der Waals surface area contributed by atoms with E-state index in [2.05, 4.69) is 28.5 Å². The highest BCUT2D eigenvalue weighted by molar-refractivity contribution is 7.89. The third kappa shape index (κ3) is 5.16. The van der Waals surface area contributed by atoms with Crippen molar-refractivity contribution in [3.05, 3.63) is 30.5 Å². The molecule has 144 valence electrons. The van der Waals surface area contributed by atoms with Crippen LogP contribution in [0.5, 0.6) is 5.75 Å². The Kier molecular flexibility index (Phi) is 7.81. The van der Waals surface area contributed by atoms with E-state index in [0.717, 1.165) is 25.9 Å². The molecule has 0 bridgehead atoms. The molecule has 0 saturated heterocycles. The Bertz CT molecular complexity index is 803. The minimum atomic E-state index is -3.62. The van der Waals surface area contributed by atoms with E-state index in [4.69, 9.17) is 4.74 Å². The summed E-state index contributed by atoms with van der Waals surface area (Å²) in [6.45, 7) is 9.69. The quantitative estimate of drug-likeness (QED) is 0.650. The Hall–Kier alpha value is -1.70. The number of sulfonamides is 1. The van der Waals surface area contributed by atoms with Gasteiger partial charge in [0.25, 0.3) is 0 Å². The van der Waals surface area contributed by atoms with Crippen molar-refractivity contribution in [2.24, 2.45) is 0 Å². The molecule has 0 aliphatic heterocycles. The van der Waals surface area contributed by atoms with Crippen LogP contribution in [0.4, 0.5) is 0 Å². The van der Waals surface area contributed by atoms with Crippen LogP contribution >= 0.6 is 0 Å². The van der Waals surface area contributed by atoms with Gasteiger partial charge in [-0.3, -0.25) is 4.98 Å². The van der Waals surface area contributed by atoms with Crippen molar-refractivity contribution in [2.75, 3.05) is 32.8 Å². The summed E-state index contributed by atoms with van der Waals surface area (Å²) in [7, 11) is -3.62. The molecule has 7 heteroatoms. The second kappa shape index (κ2) is 9.85. The average molecular weight is 380 g/mol. The van der Waals surface area contributed by atoms with E-state index in [0.29, 0.717) is 36.3 Å². The van der Waals surface area contributed by atoms with Crippen LogP contribution in [-0.4, -0.2) is 51.1 Å². The topological polar surface area (TPSA) is 71.5 Å². The molecule has 0 radical (unpaired) electrons. The van der Waals surface area contributed by atoms with Gasteiger partial charge in [0.15, 0.2) is 0 Å². The minimum Gasteiger partial charge on any atom is -0.492 e. The largest absolute Gasteiger partial charge is 0.492 e. The van der Waals surface area contributed by atoms with E-state index < -0.39 is 10.0 Å². The van der Waals surface area contributed by atoms with Crippen molar-refractivity contribution < 1.29 is 13.2 Å². The van der Waals surface area contributed by atoms with Crippen LogP contribution in [0.15, 0.2) is 35.4 Å². The molecular weight excluding hydrogens is 350 g/mol. The number of pyridine rings is 1. The molecular formula is C19H29N3O3S. The van der Waals surface area contributed by atoms with Crippen molar-refractivity contribution in [1.29, 1.82) is 0 Å². The van der Waals surface area contributed by atoms with Gasteiger partial charge in [0, 0.05) is 24.7 Å². The molecule has 1 heterocycles. The van der Waals surface area contributed by atoms with Crippen molar-refractivity contribution in [2.45, 2.75) is 38.5 Å². The zero-order valence-electron chi connectivity index (χ0n) is 15.9. The summed E-state index contributed by atoms with van der Waals surface area (Å²) in [4.78, 5) is 6.82. The number of hydrogen-bond acceptors (Lipinski definition) is 5. The van der Waals surface area contributed by atoms with Crippen LogP contribution in [0, 0.1) is 0 Å². The number of fused-ring (bicyclic) bond motifs is 1. The normalized spacial score (nSPS) is 12.0. The predicted molar refractivity (Wildman–Crippen MR) is 105 cm³/mol. The zero-order chi connectivity index (χ0) is 19.0. The summed E-state index contributed by atoms with van der Waals surface area (Å²) in [6, 6.07) is 6.77. The summed E-state index contributed by atoms with van der Waals surface area (Å²) in [5.74, 6) is 0.596. The van der Waals surface area contributed by atoms with Gasteiger partial charge < -0.3 is 9.64 Å². The first kappa shape index (κ1) is 20.6. The molecule has 0 atom stereocenters. The average Bonchev–Trinajstić information content (AvgIpc) is 2.62. The van der Waals surface area contributed by atoms with E-state index in [1.807, 2.05) is 6.92 Å². The van der Waals surface area contributed by atoms with E-state index in [9.17, 15) is 8.42 Å². The zero-order valence-corrected chi connectivity index (χ0v) is 16.7. The second-order valence-electron chi connectivity index (χ2n) is 6.13. The standard InChI is InChI=1S/C19H29N3O3S/c1-4-13-22(14-5-2)15-12-21-26(23,24)18-10-9-17(25-6-3)19-16(18)8-7-11-20-19/h7-11,21H,4-6,12-15H2,1-3H3. The monoisotopic (exact) mass is 379 g/mol. The molecule has 0 spiro atoms. The maximum Gasteiger partial charge on any atom is 0.241 e. The number of hydrogen-bond donors (Lipinski definition) is 1. The molecule has 1 aromatic heterocycles. The molecule has 0 unspecified atom stereocenters. The molecule has 0 aliphatic rings. The molecule has 0 saturated carbocycles. The first-order valence-electron chi connectivity index (χ1n) is 9.26. The molecule has 2 aromatic rings. The Morgan fingerprint density at radius 3 is 2.46 bits per heavy atom. The van der Waals surface area contributed by atoms with Crippen LogP contribution in [0.1, 0.15) is 33.6 Å². The molecule has 0 amide bonds. The fourth-order valence-electron chi connectivity index (χ4n) is 3.01. The van der Waals surface area contributed by atoms with Gasteiger partial charge in [-0.25, -0.2) is 13.1 Å². The highest BCUT2D eigenvalue weighted by Crippen LogP contribution is 2.29. The molecule has 2 rings (SSSR count). The van der Waals surface area contributed by atoms with E-state index in [1.165, 1.54) is 0 Å². The maximum absolute atomic E-state index is 12.8. The van der Waals surface area contributed by atoms with Crippen molar-refractivity contribution >= 4 is 20.9 Å². The van der Waals surface area contributed by atoms with Crippen LogP contribution in [-0.2, 0) is 10.0 Å². The summed E-state index contributed by atoms with van der Waals surface area (Å²) in [5, 5.41) is 0.574. The summed E-state index contributed by atoms with van der Waals surface area (Å²) in [6.07, 6.45) is 3.76. The lowest BCUT2D eigenvalue weighted by Gasteiger charge is -2.21. The second-order valence-corrected chi connectivity index (χ2v) is 7.87. The summed E-state index contributed by atoms with van der Waals surface area (Å²) < 4.78 is 33.9. The number of nitrogens with zero attached hydrogens (tertiary/aromatic N) is 2. The minimum absolute atomic E-state index is 0.238. The molecule has 0 aliphatic carbocycles. The number of nitrogens with one attached hydrogen (secondary N) is 1. The number of benzene rings is 1. The Balaban J connectivity index is 2.20. The first-order valence-corrected chi connectivity index (χ1v) is 10.7. The van der Waals surface area contributed by atoms with Gasteiger partial charge in [-0.2, -0.15) is 0 Å². The van der Waals surface area contributed by atoms with Gasteiger partial charge in [0.2, 0.25) is 10.0 Å².